The molecular formula is C21H31N3O3. The van der Waals surface area contributed by atoms with Crippen LogP contribution in [-0.2, 0) is 16.1 Å². The average molecular weight is 373 g/mol. The summed E-state index contributed by atoms with van der Waals surface area (Å²) in [6, 6.07) is 8.74. The lowest BCUT2D eigenvalue weighted by atomic mass is 9.98. The second kappa shape index (κ2) is 8.17. The summed E-state index contributed by atoms with van der Waals surface area (Å²) in [7, 11) is 3.80. The van der Waals surface area contributed by atoms with E-state index in [-0.39, 0.29) is 18.1 Å². The number of piperazine rings is 1. The Kier molecular flexibility index (Phi) is 5.66. The molecule has 4 rings (SSSR count). The fourth-order valence-corrected chi connectivity index (χ4v) is 4.59. The van der Waals surface area contributed by atoms with E-state index in [2.05, 4.69) is 29.0 Å². The number of carbonyl (C=O) groups is 1. The Morgan fingerprint density at radius 3 is 2.52 bits per heavy atom. The highest BCUT2D eigenvalue weighted by molar-refractivity contribution is 5.81. The van der Waals surface area contributed by atoms with Crippen LogP contribution in [0.25, 0.3) is 0 Å². The lowest BCUT2D eigenvalue weighted by Gasteiger charge is -2.39. The molecule has 27 heavy (non-hydrogen) atoms. The summed E-state index contributed by atoms with van der Waals surface area (Å²) in [5.74, 6) is 1.10. The third-order valence-electron chi connectivity index (χ3n) is 6.30. The van der Waals surface area contributed by atoms with E-state index in [1.54, 1.807) is 7.11 Å². The van der Waals surface area contributed by atoms with Crippen molar-refractivity contribution in [2.24, 2.45) is 0 Å². The molecule has 0 aromatic heterocycles. The number of likely N-dealkylation sites (tertiary alicyclic amines) is 1. The molecule has 3 heterocycles. The first-order valence-corrected chi connectivity index (χ1v) is 10.1. The van der Waals surface area contributed by atoms with E-state index in [1.807, 2.05) is 17.0 Å². The topological polar surface area (TPSA) is 45.3 Å². The van der Waals surface area contributed by atoms with Crippen LogP contribution >= 0.6 is 0 Å². The van der Waals surface area contributed by atoms with E-state index >= 15 is 0 Å². The van der Waals surface area contributed by atoms with E-state index in [0.717, 1.165) is 64.3 Å². The summed E-state index contributed by atoms with van der Waals surface area (Å²) >= 11 is 0. The van der Waals surface area contributed by atoms with Gasteiger partial charge in [-0.05, 0) is 44.0 Å². The standard InChI is InChI=1S/C21H31N3O3/c1-22-11-13-23(14-12-22)21(25)20-8-7-18-19(27-20)9-10-24(18)15-16-3-5-17(26-2)6-4-16/h3-6,18-20H,7-15H2,1-2H3/t18-,19-,20+/m1/s1. The molecule has 0 saturated carbocycles. The second-order valence-corrected chi connectivity index (χ2v) is 8.04. The normalized spacial score (nSPS) is 29.6. The molecule has 0 unspecified atom stereocenters. The summed E-state index contributed by atoms with van der Waals surface area (Å²) in [6.45, 7) is 5.54. The van der Waals surface area contributed by atoms with Crippen LogP contribution in [0.5, 0.6) is 5.75 Å². The molecule has 3 saturated heterocycles. The number of carbonyl (C=O) groups excluding carboxylic acids is 1. The van der Waals surface area contributed by atoms with Crippen LogP contribution in [0.1, 0.15) is 24.8 Å². The van der Waals surface area contributed by atoms with Crippen LogP contribution in [0.3, 0.4) is 0 Å². The molecule has 3 atom stereocenters. The average Bonchev–Trinajstić information content (AvgIpc) is 3.10. The van der Waals surface area contributed by atoms with Crippen LogP contribution in [0.15, 0.2) is 24.3 Å². The summed E-state index contributed by atoms with van der Waals surface area (Å²) in [5.41, 5.74) is 1.30. The zero-order valence-electron chi connectivity index (χ0n) is 16.5. The largest absolute Gasteiger partial charge is 0.497 e. The first kappa shape index (κ1) is 18.7. The molecule has 3 aliphatic rings. The summed E-state index contributed by atoms with van der Waals surface area (Å²) in [5, 5.41) is 0. The highest BCUT2D eigenvalue weighted by Gasteiger charge is 2.42. The Labute approximate surface area is 162 Å². The Hall–Kier alpha value is -1.63. The van der Waals surface area contributed by atoms with E-state index in [4.69, 9.17) is 9.47 Å². The van der Waals surface area contributed by atoms with Gasteiger partial charge in [0, 0.05) is 45.3 Å². The number of hydrogen-bond acceptors (Lipinski definition) is 5. The monoisotopic (exact) mass is 373 g/mol. The predicted molar refractivity (Wildman–Crippen MR) is 104 cm³/mol. The number of amides is 1. The molecule has 1 amide bonds. The van der Waals surface area contributed by atoms with E-state index in [0.29, 0.717) is 6.04 Å². The van der Waals surface area contributed by atoms with Crippen molar-refractivity contribution in [3.8, 4) is 5.75 Å². The minimum absolute atomic E-state index is 0.193. The molecule has 0 bridgehead atoms. The molecule has 1 aromatic rings. The smallest absolute Gasteiger partial charge is 0.251 e. The van der Waals surface area contributed by atoms with Crippen molar-refractivity contribution in [1.29, 1.82) is 0 Å². The molecule has 1 aromatic carbocycles. The Bertz CT molecular complexity index is 643. The molecule has 148 valence electrons. The SMILES string of the molecule is COc1ccc(CN2CC[C@H]3O[C@H](C(=O)N4CCN(C)CC4)CC[C@H]32)cc1. The van der Waals surface area contributed by atoms with Crippen LogP contribution < -0.4 is 4.74 Å². The first-order valence-electron chi connectivity index (χ1n) is 10.1. The van der Waals surface area contributed by atoms with Gasteiger partial charge < -0.3 is 19.3 Å². The first-order chi connectivity index (χ1) is 13.1. The highest BCUT2D eigenvalue weighted by Crippen LogP contribution is 2.33. The van der Waals surface area contributed by atoms with Crippen molar-refractivity contribution >= 4 is 5.91 Å². The quantitative estimate of drug-likeness (QED) is 0.802. The fraction of sp³-hybridized carbons (Fsp3) is 0.667. The van der Waals surface area contributed by atoms with Gasteiger partial charge in [0.05, 0.1) is 13.2 Å². The van der Waals surface area contributed by atoms with Gasteiger partial charge in [0.1, 0.15) is 11.9 Å². The molecule has 6 heteroatoms. The van der Waals surface area contributed by atoms with E-state index in [1.165, 1.54) is 5.56 Å². The van der Waals surface area contributed by atoms with Gasteiger partial charge in [0.25, 0.3) is 5.91 Å². The number of fused-ring (bicyclic) bond motifs is 1. The van der Waals surface area contributed by atoms with Gasteiger partial charge in [0.15, 0.2) is 0 Å². The van der Waals surface area contributed by atoms with Crippen LogP contribution in [0, 0.1) is 0 Å². The van der Waals surface area contributed by atoms with E-state index in [9.17, 15) is 4.79 Å². The number of hydrogen-bond donors (Lipinski definition) is 0. The lowest BCUT2D eigenvalue weighted by Crippen LogP contribution is -2.53. The van der Waals surface area contributed by atoms with E-state index < -0.39 is 0 Å². The predicted octanol–water partition coefficient (Wildman–Crippen LogP) is 1.59. The van der Waals surface area contributed by atoms with Gasteiger partial charge in [0.2, 0.25) is 0 Å². The molecule has 0 radical (unpaired) electrons. The minimum Gasteiger partial charge on any atom is -0.497 e. The number of methoxy groups -OCH3 is 1. The molecule has 3 aliphatic heterocycles. The van der Waals surface area contributed by atoms with Gasteiger partial charge in [-0.2, -0.15) is 0 Å². The molecular weight excluding hydrogens is 342 g/mol. The minimum atomic E-state index is -0.240. The zero-order chi connectivity index (χ0) is 18.8. The Morgan fingerprint density at radius 2 is 1.81 bits per heavy atom. The maximum absolute atomic E-state index is 12.8. The number of likely N-dealkylation sites (N-methyl/N-ethyl adjacent to an activating group) is 1. The number of ether oxygens (including phenoxy) is 2. The third-order valence-corrected chi connectivity index (χ3v) is 6.30. The Balaban J connectivity index is 1.32. The van der Waals surface area contributed by atoms with Gasteiger partial charge in [-0.25, -0.2) is 0 Å². The highest BCUT2D eigenvalue weighted by atomic mass is 16.5. The third kappa shape index (κ3) is 4.13. The molecule has 3 fully saturated rings. The van der Waals surface area contributed by atoms with Crippen molar-refractivity contribution in [3.05, 3.63) is 29.8 Å². The number of nitrogens with zero attached hydrogens (tertiary/aromatic N) is 3. The van der Waals surface area contributed by atoms with Gasteiger partial charge >= 0.3 is 0 Å². The maximum Gasteiger partial charge on any atom is 0.251 e. The maximum atomic E-state index is 12.8. The summed E-state index contributed by atoms with van der Waals surface area (Å²) in [4.78, 5) is 19.6. The van der Waals surface area contributed by atoms with Gasteiger partial charge in [-0.15, -0.1) is 0 Å². The fourth-order valence-electron chi connectivity index (χ4n) is 4.59. The number of benzene rings is 1. The van der Waals surface area contributed by atoms with Crippen molar-refractivity contribution in [2.75, 3.05) is 46.9 Å². The number of rotatable bonds is 4. The van der Waals surface area contributed by atoms with Crippen LogP contribution in [-0.4, -0.2) is 85.7 Å². The molecule has 0 N–H and O–H groups in total. The van der Waals surface area contributed by atoms with Crippen molar-refractivity contribution in [1.82, 2.24) is 14.7 Å². The molecule has 0 aliphatic carbocycles. The zero-order valence-corrected chi connectivity index (χ0v) is 16.5. The summed E-state index contributed by atoms with van der Waals surface area (Å²) < 4.78 is 11.5. The van der Waals surface area contributed by atoms with Crippen LogP contribution in [0.4, 0.5) is 0 Å². The lowest BCUT2D eigenvalue weighted by molar-refractivity contribution is -0.156. The Morgan fingerprint density at radius 1 is 1.07 bits per heavy atom. The van der Waals surface area contributed by atoms with Crippen molar-refractivity contribution in [3.63, 3.8) is 0 Å². The van der Waals surface area contributed by atoms with Crippen molar-refractivity contribution in [2.45, 2.75) is 44.1 Å². The molecule has 6 nitrogen and oxygen atoms in total. The van der Waals surface area contributed by atoms with Crippen LogP contribution in [0.2, 0.25) is 0 Å². The molecule has 0 spiro atoms. The summed E-state index contributed by atoms with van der Waals surface area (Å²) in [6.07, 6.45) is 2.86. The van der Waals surface area contributed by atoms with Gasteiger partial charge in [-0.1, -0.05) is 12.1 Å². The second-order valence-electron chi connectivity index (χ2n) is 8.04. The van der Waals surface area contributed by atoms with Gasteiger partial charge in [-0.3, -0.25) is 9.69 Å². The van der Waals surface area contributed by atoms with Crippen molar-refractivity contribution < 1.29 is 14.3 Å².